The number of nitrogens with one attached hydrogen (secondary N) is 1. The number of anilines is 1. The lowest BCUT2D eigenvalue weighted by Crippen LogP contribution is -3.15. The van der Waals surface area contributed by atoms with E-state index in [1.807, 2.05) is 54.3 Å². The molecule has 0 spiro atoms. The molecule has 2 aliphatic rings. The van der Waals surface area contributed by atoms with Gasteiger partial charge in [-0.05, 0) is 37.1 Å². The zero-order valence-corrected chi connectivity index (χ0v) is 15.3. The minimum Gasteiger partial charge on any atom is -0.486 e. The molecule has 0 aromatic heterocycles. The van der Waals surface area contributed by atoms with Crippen molar-refractivity contribution in [2.75, 3.05) is 31.6 Å². The van der Waals surface area contributed by atoms with Gasteiger partial charge in [0, 0.05) is 12.2 Å². The van der Waals surface area contributed by atoms with Gasteiger partial charge in [-0.15, -0.1) is 0 Å². The van der Waals surface area contributed by atoms with Crippen LogP contribution in [-0.4, -0.2) is 44.8 Å². The van der Waals surface area contributed by atoms with Gasteiger partial charge in [0.25, 0.3) is 5.91 Å². The fourth-order valence-corrected chi connectivity index (χ4v) is 3.71. The van der Waals surface area contributed by atoms with Crippen molar-refractivity contribution in [2.24, 2.45) is 0 Å². The summed E-state index contributed by atoms with van der Waals surface area (Å²) in [6.45, 7) is 4.00. The van der Waals surface area contributed by atoms with Crippen molar-refractivity contribution in [1.29, 1.82) is 0 Å². The Morgan fingerprint density at radius 2 is 1.92 bits per heavy atom. The Balaban J connectivity index is 1.39. The van der Waals surface area contributed by atoms with Crippen molar-refractivity contribution in [3.63, 3.8) is 0 Å². The Bertz CT molecular complexity index is 807. The molecule has 0 radical (unpaired) electrons. The van der Waals surface area contributed by atoms with Gasteiger partial charge in [-0.3, -0.25) is 4.79 Å². The molecule has 0 saturated heterocycles. The van der Waals surface area contributed by atoms with Crippen LogP contribution in [0, 0.1) is 0 Å². The molecule has 4 rings (SSSR count). The average Bonchev–Trinajstić information content (AvgIpc) is 3.11. The van der Waals surface area contributed by atoms with Crippen molar-refractivity contribution < 1.29 is 19.2 Å². The van der Waals surface area contributed by atoms with Crippen molar-refractivity contribution in [3.8, 4) is 11.5 Å². The molecule has 1 amide bonds. The van der Waals surface area contributed by atoms with E-state index in [9.17, 15) is 4.79 Å². The van der Waals surface area contributed by atoms with E-state index in [0.717, 1.165) is 41.6 Å². The number of hydrogen-bond donors (Lipinski definition) is 1. The molecule has 0 saturated carbocycles. The number of nitrogens with zero attached hydrogens (tertiary/aromatic N) is 1. The van der Waals surface area contributed by atoms with Gasteiger partial charge in [-0.1, -0.05) is 30.3 Å². The standard InChI is InChI=1S/C21H24N2O3/c1-15(21(24)23-12-11-16-7-3-4-8-18(16)23)22(2)13-17-14-25-19-9-5-6-10-20(19)26-17/h3-10,15,17H,11-14H2,1-2H3/p+1/t15-,17+/m0/s1. The number of benzene rings is 2. The summed E-state index contributed by atoms with van der Waals surface area (Å²) in [5, 5.41) is 0. The van der Waals surface area contributed by atoms with E-state index in [4.69, 9.17) is 9.47 Å². The molecule has 136 valence electrons. The van der Waals surface area contributed by atoms with E-state index in [1.165, 1.54) is 5.56 Å². The van der Waals surface area contributed by atoms with Crippen LogP contribution in [-0.2, 0) is 11.2 Å². The molecule has 26 heavy (non-hydrogen) atoms. The van der Waals surface area contributed by atoms with Gasteiger partial charge in [0.1, 0.15) is 13.2 Å². The Kier molecular flexibility index (Phi) is 4.55. The lowest BCUT2D eigenvalue weighted by molar-refractivity contribution is -0.897. The van der Waals surface area contributed by atoms with E-state index >= 15 is 0 Å². The highest BCUT2D eigenvalue weighted by atomic mass is 16.6. The van der Waals surface area contributed by atoms with E-state index in [2.05, 4.69) is 13.1 Å². The molecular formula is C21H25N2O3+. The molecule has 1 unspecified atom stereocenters. The highest BCUT2D eigenvalue weighted by molar-refractivity contribution is 5.97. The van der Waals surface area contributed by atoms with E-state index in [1.54, 1.807) is 0 Å². The third-order valence-corrected chi connectivity index (χ3v) is 5.38. The number of fused-ring (bicyclic) bond motifs is 2. The highest BCUT2D eigenvalue weighted by Crippen LogP contribution is 2.30. The van der Waals surface area contributed by atoms with E-state index < -0.39 is 0 Å². The van der Waals surface area contributed by atoms with Crippen LogP contribution in [0.25, 0.3) is 0 Å². The average molecular weight is 353 g/mol. The Labute approximate surface area is 154 Å². The number of ether oxygens (including phenoxy) is 2. The summed E-state index contributed by atoms with van der Waals surface area (Å²) in [7, 11) is 2.05. The lowest BCUT2D eigenvalue weighted by Gasteiger charge is -2.31. The first kappa shape index (κ1) is 16.9. The van der Waals surface area contributed by atoms with E-state index in [0.29, 0.717) is 6.61 Å². The van der Waals surface area contributed by atoms with Crippen LogP contribution in [0.5, 0.6) is 11.5 Å². The number of rotatable bonds is 4. The molecule has 0 aliphatic carbocycles. The molecule has 2 aromatic rings. The van der Waals surface area contributed by atoms with E-state index in [-0.39, 0.29) is 18.1 Å². The normalized spacial score (nSPS) is 20.4. The highest BCUT2D eigenvalue weighted by Gasteiger charge is 2.34. The molecule has 0 bridgehead atoms. The number of amides is 1. The maximum Gasteiger partial charge on any atom is 0.284 e. The molecule has 3 atom stereocenters. The number of carbonyl (C=O) groups is 1. The van der Waals surface area contributed by atoms with Crippen LogP contribution in [0.2, 0.25) is 0 Å². The first-order chi connectivity index (χ1) is 12.6. The lowest BCUT2D eigenvalue weighted by atomic mass is 10.1. The minimum absolute atomic E-state index is 0.0500. The van der Waals surface area contributed by atoms with Crippen LogP contribution in [0.15, 0.2) is 48.5 Å². The monoisotopic (exact) mass is 353 g/mol. The van der Waals surface area contributed by atoms with Gasteiger partial charge in [0.15, 0.2) is 23.6 Å². The summed E-state index contributed by atoms with van der Waals surface area (Å²) in [6, 6.07) is 15.8. The zero-order valence-electron chi connectivity index (χ0n) is 15.3. The van der Waals surface area contributed by atoms with Crippen LogP contribution < -0.4 is 19.3 Å². The number of para-hydroxylation sites is 3. The van der Waals surface area contributed by atoms with Gasteiger partial charge < -0.3 is 19.3 Å². The third kappa shape index (κ3) is 3.15. The first-order valence-corrected chi connectivity index (χ1v) is 9.23. The number of likely N-dealkylation sites (N-methyl/N-ethyl adjacent to an activating group) is 1. The fourth-order valence-electron chi connectivity index (χ4n) is 3.71. The molecule has 5 nitrogen and oxygen atoms in total. The Morgan fingerprint density at radius 1 is 1.19 bits per heavy atom. The number of quaternary nitrogens is 1. The van der Waals surface area contributed by atoms with Crippen molar-refractivity contribution in [1.82, 2.24) is 0 Å². The molecule has 2 aliphatic heterocycles. The molecular weight excluding hydrogens is 328 g/mol. The van der Waals surface area contributed by atoms with Gasteiger partial charge in [0.2, 0.25) is 0 Å². The smallest absolute Gasteiger partial charge is 0.284 e. The maximum atomic E-state index is 13.0. The summed E-state index contributed by atoms with van der Waals surface area (Å²) in [6.07, 6.45) is 0.885. The summed E-state index contributed by atoms with van der Waals surface area (Å²) in [5.74, 6) is 1.74. The molecule has 1 N–H and O–H groups in total. The molecule has 2 aromatic carbocycles. The van der Waals surface area contributed by atoms with Gasteiger partial charge in [0.05, 0.1) is 7.05 Å². The largest absolute Gasteiger partial charge is 0.486 e. The predicted octanol–water partition coefficient (Wildman–Crippen LogP) is 1.32. The van der Waals surface area contributed by atoms with Crippen molar-refractivity contribution in [2.45, 2.75) is 25.5 Å². The Morgan fingerprint density at radius 3 is 2.77 bits per heavy atom. The van der Waals surface area contributed by atoms with Crippen LogP contribution in [0.3, 0.4) is 0 Å². The van der Waals surface area contributed by atoms with Gasteiger partial charge in [-0.2, -0.15) is 0 Å². The molecule has 5 heteroatoms. The number of carbonyl (C=O) groups excluding carboxylic acids is 1. The second kappa shape index (κ2) is 7.00. The summed E-state index contributed by atoms with van der Waals surface area (Å²) in [5.41, 5.74) is 2.31. The van der Waals surface area contributed by atoms with Crippen LogP contribution in [0.1, 0.15) is 12.5 Å². The third-order valence-electron chi connectivity index (χ3n) is 5.38. The molecule has 0 fully saturated rings. The maximum absolute atomic E-state index is 13.0. The summed E-state index contributed by atoms with van der Waals surface area (Å²) >= 11 is 0. The first-order valence-electron chi connectivity index (χ1n) is 9.23. The predicted molar refractivity (Wildman–Crippen MR) is 100 cm³/mol. The quantitative estimate of drug-likeness (QED) is 0.902. The zero-order chi connectivity index (χ0) is 18.1. The summed E-state index contributed by atoms with van der Waals surface area (Å²) < 4.78 is 11.8. The number of hydrogen-bond acceptors (Lipinski definition) is 3. The SMILES string of the molecule is C[C@@H](C(=O)N1CCc2ccccc21)[NH+](C)C[C@@H]1COc2ccccc2O1. The second-order valence-corrected chi connectivity index (χ2v) is 7.14. The van der Waals surface area contributed by atoms with Crippen LogP contribution in [0.4, 0.5) is 5.69 Å². The van der Waals surface area contributed by atoms with Gasteiger partial charge in [-0.25, -0.2) is 0 Å². The van der Waals surface area contributed by atoms with Gasteiger partial charge >= 0.3 is 0 Å². The fraction of sp³-hybridized carbons (Fsp3) is 0.381. The minimum atomic E-state index is -0.137. The second-order valence-electron chi connectivity index (χ2n) is 7.14. The van der Waals surface area contributed by atoms with Crippen LogP contribution >= 0.6 is 0 Å². The molecule has 2 heterocycles. The van der Waals surface area contributed by atoms with Crippen molar-refractivity contribution >= 4 is 11.6 Å². The van der Waals surface area contributed by atoms with Crippen molar-refractivity contribution in [3.05, 3.63) is 54.1 Å². The Hall–Kier alpha value is -2.53. The summed E-state index contributed by atoms with van der Waals surface area (Å²) in [4.78, 5) is 16.1. The topological polar surface area (TPSA) is 43.2 Å².